The van der Waals surface area contributed by atoms with Crippen LogP contribution in [0.2, 0.25) is 0 Å². The lowest BCUT2D eigenvalue weighted by Gasteiger charge is -2.33. The molecule has 1 saturated heterocycles. The summed E-state index contributed by atoms with van der Waals surface area (Å²) in [5.41, 5.74) is 0. The number of nitrogens with zero attached hydrogens (tertiary/aromatic N) is 1. The van der Waals surface area contributed by atoms with Crippen LogP contribution in [0, 0.1) is 5.92 Å². The van der Waals surface area contributed by atoms with E-state index in [2.05, 4.69) is 55.4 Å². The molecule has 2 heterocycles. The van der Waals surface area contributed by atoms with E-state index in [1.807, 2.05) is 0 Å². The molecule has 1 fully saturated rings. The van der Waals surface area contributed by atoms with Crippen LogP contribution >= 0.6 is 11.3 Å². The van der Waals surface area contributed by atoms with Crippen molar-refractivity contribution in [2.75, 3.05) is 0 Å². The van der Waals surface area contributed by atoms with Gasteiger partial charge in [0.15, 0.2) is 0 Å². The minimum absolute atomic E-state index is 0.0106. The molecule has 21 heavy (non-hydrogen) atoms. The van der Waals surface area contributed by atoms with Crippen LogP contribution in [0.1, 0.15) is 64.4 Å². The monoisotopic (exact) mass is 308 g/mol. The van der Waals surface area contributed by atoms with Crippen molar-refractivity contribution >= 4 is 17.2 Å². The van der Waals surface area contributed by atoms with Gasteiger partial charge in [-0.2, -0.15) is 0 Å². The second kappa shape index (κ2) is 7.41. The van der Waals surface area contributed by atoms with Crippen LogP contribution in [0.4, 0.5) is 0 Å². The molecule has 4 unspecified atom stereocenters. The maximum Gasteiger partial charge on any atom is 0.241 e. The maximum atomic E-state index is 12.8. The van der Waals surface area contributed by atoms with Crippen LogP contribution in [0.5, 0.6) is 0 Å². The Balaban J connectivity index is 2.21. The van der Waals surface area contributed by atoms with E-state index in [1.54, 1.807) is 11.3 Å². The Morgan fingerprint density at radius 3 is 2.71 bits per heavy atom. The second-order valence-corrected chi connectivity index (χ2v) is 7.13. The van der Waals surface area contributed by atoms with Crippen LogP contribution < -0.4 is 5.32 Å². The molecule has 1 aromatic rings. The lowest BCUT2D eigenvalue weighted by Crippen LogP contribution is -2.41. The van der Waals surface area contributed by atoms with Crippen molar-refractivity contribution in [3.63, 3.8) is 0 Å². The summed E-state index contributed by atoms with van der Waals surface area (Å²) in [5.74, 6) is 0.804. The average Bonchev–Trinajstić information content (AvgIpc) is 3.11. The Morgan fingerprint density at radius 1 is 1.38 bits per heavy atom. The molecule has 1 N–H and O–H groups in total. The van der Waals surface area contributed by atoms with E-state index < -0.39 is 0 Å². The van der Waals surface area contributed by atoms with Crippen molar-refractivity contribution < 1.29 is 4.79 Å². The molecule has 118 valence electrons. The highest BCUT2D eigenvalue weighted by Gasteiger charge is 2.42. The van der Waals surface area contributed by atoms with Crippen LogP contribution in [-0.4, -0.2) is 22.9 Å². The van der Waals surface area contributed by atoms with Crippen molar-refractivity contribution in [2.24, 2.45) is 5.92 Å². The van der Waals surface area contributed by atoms with Gasteiger partial charge in [-0.05, 0) is 30.7 Å². The van der Waals surface area contributed by atoms with E-state index in [-0.39, 0.29) is 24.2 Å². The van der Waals surface area contributed by atoms with E-state index in [0.29, 0.717) is 5.92 Å². The zero-order valence-electron chi connectivity index (χ0n) is 13.6. The third-order valence-electron chi connectivity index (χ3n) is 4.76. The van der Waals surface area contributed by atoms with Gasteiger partial charge in [0.25, 0.3) is 0 Å². The first-order valence-corrected chi connectivity index (χ1v) is 9.09. The Bertz CT molecular complexity index is 446. The zero-order chi connectivity index (χ0) is 15.4. The largest absolute Gasteiger partial charge is 0.318 e. The summed E-state index contributed by atoms with van der Waals surface area (Å²) in [5, 5.41) is 5.66. The molecular weight excluding hydrogens is 280 g/mol. The molecule has 2 rings (SSSR count). The molecule has 0 radical (unpaired) electrons. The minimum atomic E-state index is -0.0106. The maximum absolute atomic E-state index is 12.8. The van der Waals surface area contributed by atoms with Crippen molar-refractivity contribution in [3.8, 4) is 0 Å². The van der Waals surface area contributed by atoms with Gasteiger partial charge in [-0.15, -0.1) is 11.3 Å². The molecule has 0 aromatic carbocycles. The van der Waals surface area contributed by atoms with Crippen molar-refractivity contribution in [1.29, 1.82) is 0 Å². The lowest BCUT2D eigenvalue weighted by molar-refractivity contribution is -0.133. The number of rotatable bonds is 7. The van der Waals surface area contributed by atoms with E-state index in [9.17, 15) is 4.79 Å². The Kier molecular flexibility index (Phi) is 5.82. The minimum Gasteiger partial charge on any atom is -0.318 e. The summed E-state index contributed by atoms with van der Waals surface area (Å²) in [6.45, 7) is 8.80. The molecule has 1 aliphatic rings. The van der Waals surface area contributed by atoms with Crippen LogP contribution in [0.25, 0.3) is 0 Å². The molecular formula is C17H28N2OS. The Labute approximate surface area is 132 Å². The van der Waals surface area contributed by atoms with E-state index in [1.165, 1.54) is 4.88 Å². The summed E-state index contributed by atoms with van der Waals surface area (Å²) in [6.07, 6.45) is 4.34. The van der Waals surface area contributed by atoms with E-state index >= 15 is 0 Å². The normalized spacial score (nSPS) is 25.3. The molecule has 0 aliphatic carbocycles. The molecule has 1 aliphatic heterocycles. The Morgan fingerprint density at radius 2 is 2.14 bits per heavy atom. The van der Waals surface area contributed by atoms with Gasteiger partial charge in [0, 0.05) is 10.9 Å². The average molecular weight is 308 g/mol. The lowest BCUT2D eigenvalue weighted by atomic mass is 9.98. The zero-order valence-corrected chi connectivity index (χ0v) is 14.5. The first-order chi connectivity index (χ1) is 10.1. The molecule has 3 nitrogen and oxygen atoms in total. The number of nitrogens with one attached hydrogen (secondary N) is 1. The third-order valence-corrected chi connectivity index (χ3v) is 5.68. The standard InChI is InChI=1S/C17H28N2OS/c1-5-7-9-14-17(20)19(13(4)12(3)6-2)16(18-14)15-10-8-11-21-15/h8,10-14,16,18H,5-7,9H2,1-4H3. The quantitative estimate of drug-likeness (QED) is 0.820. The molecule has 1 aromatic heterocycles. The number of amides is 1. The number of hydrogen-bond acceptors (Lipinski definition) is 3. The molecule has 0 bridgehead atoms. The van der Waals surface area contributed by atoms with Gasteiger partial charge in [-0.25, -0.2) is 0 Å². The molecule has 0 spiro atoms. The van der Waals surface area contributed by atoms with Crippen molar-refractivity contribution in [2.45, 2.75) is 71.6 Å². The smallest absolute Gasteiger partial charge is 0.241 e. The van der Waals surface area contributed by atoms with Crippen LogP contribution in [0.15, 0.2) is 17.5 Å². The first-order valence-electron chi connectivity index (χ1n) is 8.21. The highest BCUT2D eigenvalue weighted by atomic mass is 32.1. The summed E-state index contributed by atoms with van der Waals surface area (Å²) in [6, 6.07) is 4.46. The first kappa shape index (κ1) is 16.5. The number of thiophene rings is 1. The summed E-state index contributed by atoms with van der Waals surface area (Å²) >= 11 is 1.73. The second-order valence-electron chi connectivity index (χ2n) is 6.15. The Hall–Kier alpha value is -0.870. The fraction of sp³-hybridized carbons (Fsp3) is 0.706. The van der Waals surface area contributed by atoms with E-state index in [0.717, 1.165) is 25.7 Å². The van der Waals surface area contributed by atoms with Crippen LogP contribution in [-0.2, 0) is 4.79 Å². The number of carbonyl (C=O) groups excluding carboxylic acids is 1. The number of carbonyl (C=O) groups is 1. The molecule has 1 amide bonds. The van der Waals surface area contributed by atoms with Gasteiger partial charge >= 0.3 is 0 Å². The van der Waals surface area contributed by atoms with Gasteiger partial charge < -0.3 is 4.90 Å². The summed E-state index contributed by atoms with van der Waals surface area (Å²) < 4.78 is 0. The van der Waals surface area contributed by atoms with Crippen molar-refractivity contribution in [3.05, 3.63) is 22.4 Å². The SMILES string of the molecule is CCCCC1NC(c2cccs2)N(C(C)C(C)CC)C1=O. The fourth-order valence-corrected chi connectivity index (χ4v) is 3.76. The highest BCUT2D eigenvalue weighted by Crippen LogP contribution is 2.33. The topological polar surface area (TPSA) is 32.3 Å². The predicted molar refractivity (Wildman–Crippen MR) is 89.3 cm³/mol. The fourth-order valence-electron chi connectivity index (χ4n) is 2.98. The van der Waals surface area contributed by atoms with Gasteiger partial charge in [0.1, 0.15) is 6.17 Å². The van der Waals surface area contributed by atoms with Gasteiger partial charge in [-0.3, -0.25) is 10.1 Å². The molecule has 4 atom stereocenters. The van der Waals surface area contributed by atoms with Gasteiger partial charge in [-0.1, -0.05) is 46.1 Å². The highest BCUT2D eigenvalue weighted by molar-refractivity contribution is 7.10. The van der Waals surface area contributed by atoms with Gasteiger partial charge in [0.2, 0.25) is 5.91 Å². The predicted octanol–water partition coefficient (Wildman–Crippen LogP) is 4.17. The third kappa shape index (κ3) is 3.49. The van der Waals surface area contributed by atoms with Crippen LogP contribution in [0.3, 0.4) is 0 Å². The molecule has 4 heteroatoms. The summed E-state index contributed by atoms with van der Waals surface area (Å²) in [4.78, 5) is 16.2. The van der Waals surface area contributed by atoms with E-state index in [4.69, 9.17) is 0 Å². The summed E-state index contributed by atoms with van der Waals surface area (Å²) in [7, 11) is 0. The van der Waals surface area contributed by atoms with Crippen molar-refractivity contribution in [1.82, 2.24) is 10.2 Å². The number of unbranched alkanes of at least 4 members (excludes halogenated alkanes) is 1. The molecule has 0 saturated carbocycles. The van der Waals surface area contributed by atoms with Gasteiger partial charge in [0.05, 0.1) is 6.04 Å². The number of hydrogen-bond donors (Lipinski definition) is 1.